The van der Waals surface area contributed by atoms with Crippen LogP contribution in [0.3, 0.4) is 0 Å². The summed E-state index contributed by atoms with van der Waals surface area (Å²) in [5, 5.41) is 2.67. The molecule has 0 heterocycles. The van der Waals surface area contributed by atoms with Gasteiger partial charge in [-0.1, -0.05) is 102 Å². The molecule has 0 aromatic heterocycles. The zero-order valence-electron chi connectivity index (χ0n) is 25.1. The van der Waals surface area contributed by atoms with Gasteiger partial charge in [-0.2, -0.15) is 0 Å². The van der Waals surface area contributed by atoms with Gasteiger partial charge in [0.25, 0.3) is 0 Å². The molecular formula is C34H46O6. The number of aryl methyl sites for hydroxylation is 2. The molecule has 0 bridgehead atoms. The van der Waals surface area contributed by atoms with E-state index in [9.17, 15) is 9.59 Å². The van der Waals surface area contributed by atoms with Crippen molar-refractivity contribution < 1.29 is 28.5 Å². The van der Waals surface area contributed by atoms with E-state index in [1.807, 2.05) is 50.2 Å². The lowest BCUT2D eigenvalue weighted by molar-refractivity contribution is 0.0805. The molecule has 0 radical (unpaired) electrons. The van der Waals surface area contributed by atoms with E-state index in [1.165, 1.54) is 0 Å². The highest BCUT2D eigenvalue weighted by atomic mass is 16.7. The maximum atomic E-state index is 12.9. The number of fused-ring (bicyclic) bond motifs is 2. The third-order valence-electron chi connectivity index (χ3n) is 7.66. The molecule has 2 unspecified atom stereocenters. The highest BCUT2D eigenvalue weighted by Gasteiger charge is 2.22. The fourth-order valence-electron chi connectivity index (χ4n) is 4.99. The minimum atomic E-state index is -0.731. The van der Waals surface area contributed by atoms with Crippen LogP contribution < -0.4 is 9.47 Å². The number of benzene rings is 3. The van der Waals surface area contributed by atoms with Gasteiger partial charge in [0.1, 0.15) is 11.5 Å². The molecule has 40 heavy (non-hydrogen) atoms. The van der Waals surface area contributed by atoms with Crippen LogP contribution in [-0.2, 0) is 9.47 Å². The summed E-state index contributed by atoms with van der Waals surface area (Å²) < 4.78 is 22.9. The highest BCUT2D eigenvalue weighted by Crippen LogP contribution is 2.44. The first-order chi connectivity index (χ1) is 19.3. The lowest BCUT2D eigenvalue weighted by Crippen LogP contribution is -2.18. The normalized spacial score (nSPS) is 12.8. The van der Waals surface area contributed by atoms with Crippen LogP contribution in [0.1, 0.15) is 90.2 Å². The molecule has 0 aliphatic carbocycles. The number of hydrogen-bond donors (Lipinski definition) is 0. The summed E-state index contributed by atoms with van der Waals surface area (Å²) in [4.78, 5) is 25.8. The number of hydrogen-bond acceptors (Lipinski definition) is 6. The molecule has 6 nitrogen and oxygen atoms in total. The van der Waals surface area contributed by atoms with Crippen LogP contribution >= 0.6 is 0 Å². The van der Waals surface area contributed by atoms with Gasteiger partial charge >= 0.3 is 12.3 Å². The van der Waals surface area contributed by atoms with E-state index in [-0.39, 0.29) is 0 Å². The molecule has 3 rings (SSSR count). The number of carbonyl (C=O) groups excluding carboxylic acids is 2. The molecule has 2 atom stereocenters. The Balaban J connectivity index is 1.94. The number of carbonyl (C=O) groups is 2. The summed E-state index contributed by atoms with van der Waals surface area (Å²) in [6.45, 7) is 13.1. The third-order valence-corrected chi connectivity index (χ3v) is 7.66. The second-order valence-corrected chi connectivity index (χ2v) is 10.9. The Hall–Kier alpha value is -3.28. The predicted molar refractivity (Wildman–Crippen MR) is 161 cm³/mol. The SMILES string of the molecule is CCCCC(CC)COC(=O)Oc1c2ccc(C)cc2c(OC(=O)OCC(CC)CCCC)c2ccc(C)cc12. The quantitative estimate of drug-likeness (QED) is 0.113. The zero-order chi connectivity index (χ0) is 29.1. The van der Waals surface area contributed by atoms with E-state index in [1.54, 1.807) is 0 Å². The van der Waals surface area contributed by atoms with Gasteiger partial charge in [0.05, 0.1) is 13.2 Å². The average molecular weight is 551 g/mol. The Morgan fingerprint density at radius 3 is 1.38 bits per heavy atom. The summed E-state index contributed by atoms with van der Waals surface area (Å²) in [5.74, 6) is 1.40. The molecule has 6 heteroatoms. The van der Waals surface area contributed by atoms with E-state index in [2.05, 4.69) is 27.7 Å². The summed E-state index contributed by atoms with van der Waals surface area (Å²) in [6.07, 6.45) is 6.88. The largest absolute Gasteiger partial charge is 0.513 e. The van der Waals surface area contributed by atoms with Crippen molar-refractivity contribution in [3.63, 3.8) is 0 Å². The van der Waals surface area contributed by atoms with Crippen molar-refractivity contribution in [3.05, 3.63) is 47.5 Å². The van der Waals surface area contributed by atoms with Crippen molar-refractivity contribution in [2.24, 2.45) is 11.8 Å². The van der Waals surface area contributed by atoms with E-state index >= 15 is 0 Å². The van der Waals surface area contributed by atoms with Crippen LogP contribution in [0.5, 0.6) is 11.5 Å². The van der Waals surface area contributed by atoms with E-state index in [4.69, 9.17) is 18.9 Å². The number of unbranched alkanes of at least 4 members (excludes halogenated alkanes) is 2. The standard InChI is InChI=1S/C34H46O6/c1-7-11-13-25(9-3)21-37-33(35)39-31-27-17-15-24(6)20-30(27)32(28-18-16-23(5)19-29(28)31)40-34(36)38-22-26(10-4)14-12-8-2/h15-20,25-26H,7-14,21-22H2,1-6H3. The fourth-order valence-corrected chi connectivity index (χ4v) is 4.99. The molecule has 218 valence electrons. The molecule has 0 saturated carbocycles. The summed E-state index contributed by atoms with van der Waals surface area (Å²) in [5.41, 5.74) is 1.97. The Bertz CT molecular complexity index is 1180. The first-order valence-corrected chi connectivity index (χ1v) is 15.0. The maximum Gasteiger partial charge on any atom is 0.513 e. The molecular weight excluding hydrogens is 504 g/mol. The monoisotopic (exact) mass is 550 g/mol. The molecule has 3 aromatic rings. The Kier molecular flexibility index (Phi) is 12.1. The molecule has 0 spiro atoms. The van der Waals surface area contributed by atoms with Crippen LogP contribution in [0.25, 0.3) is 21.5 Å². The van der Waals surface area contributed by atoms with Crippen molar-refractivity contribution in [2.45, 2.75) is 92.9 Å². The van der Waals surface area contributed by atoms with E-state index in [0.717, 1.165) is 62.5 Å². The number of ether oxygens (including phenoxy) is 4. The van der Waals surface area contributed by atoms with Crippen LogP contribution in [0.4, 0.5) is 9.59 Å². The molecule has 0 N–H and O–H groups in total. The van der Waals surface area contributed by atoms with Gasteiger partial charge in [-0.15, -0.1) is 0 Å². The summed E-state index contributed by atoms with van der Waals surface area (Å²) in [6, 6.07) is 11.5. The van der Waals surface area contributed by atoms with Gasteiger partial charge in [-0.05, 0) is 50.7 Å². The van der Waals surface area contributed by atoms with Gasteiger partial charge in [-0.3, -0.25) is 0 Å². The summed E-state index contributed by atoms with van der Waals surface area (Å²) >= 11 is 0. The van der Waals surface area contributed by atoms with Gasteiger partial charge in [0.15, 0.2) is 0 Å². The van der Waals surface area contributed by atoms with Crippen molar-refractivity contribution in [1.29, 1.82) is 0 Å². The first kappa shape index (κ1) is 31.3. The van der Waals surface area contributed by atoms with Gasteiger partial charge in [0, 0.05) is 21.5 Å². The molecule has 0 amide bonds. The molecule has 3 aromatic carbocycles. The lowest BCUT2D eigenvalue weighted by atomic mass is 9.98. The van der Waals surface area contributed by atoms with Gasteiger partial charge in [-0.25, -0.2) is 9.59 Å². The van der Waals surface area contributed by atoms with Gasteiger partial charge in [0.2, 0.25) is 0 Å². The highest BCUT2D eigenvalue weighted by molar-refractivity contribution is 6.12. The van der Waals surface area contributed by atoms with Crippen LogP contribution in [0.2, 0.25) is 0 Å². The molecule has 0 aliphatic rings. The molecule has 0 saturated heterocycles. The van der Waals surface area contributed by atoms with Crippen molar-refractivity contribution in [3.8, 4) is 11.5 Å². The fraction of sp³-hybridized carbons (Fsp3) is 0.529. The minimum Gasteiger partial charge on any atom is -0.434 e. The second kappa shape index (κ2) is 15.5. The van der Waals surface area contributed by atoms with Crippen LogP contribution in [-0.4, -0.2) is 25.5 Å². The Morgan fingerprint density at radius 2 is 1.02 bits per heavy atom. The van der Waals surface area contributed by atoms with Gasteiger partial charge < -0.3 is 18.9 Å². The maximum absolute atomic E-state index is 12.9. The Labute approximate surface area is 239 Å². The summed E-state index contributed by atoms with van der Waals surface area (Å²) in [7, 11) is 0. The molecule has 0 fully saturated rings. The molecule has 0 aliphatic heterocycles. The first-order valence-electron chi connectivity index (χ1n) is 15.0. The van der Waals surface area contributed by atoms with Crippen LogP contribution in [0.15, 0.2) is 36.4 Å². The smallest absolute Gasteiger partial charge is 0.434 e. The van der Waals surface area contributed by atoms with Crippen molar-refractivity contribution in [1.82, 2.24) is 0 Å². The average Bonchev–Trinajstić information content (AvgIpc) is 2.95. The van der Waals surface area contributed by atoms with Crippen LogP contribution in [0, 0.1) is 25.7 Å². The topological polar surface area (TPSA) is 71.1 Å². The van der Waals surface area contributed by atoms with Crippen molar-refractivity contribution in [2.75, 3.05) is 13.2 Å². The minimum absolute atomic E-state index is 0.307. The zero-order valence-corrected chi connectivity index (χ0v) is 25.1. The lowest BCUT2D eigenvalue weighted by Gasteiger charge is -2.19. The predicted octanol–water partition coefficient (Wildman–Crippen LogP) is 10.1. The van der Waals surface area contributed by atoms with E-state index < -0.39 is 12.3 Å². The second-order valence-electron chi connectivity index (χ2n) is 10.9. The third kappa shape index (κ3) is 8.36. The Morgan fingerprint density at radius 1 is 0.625 bits per heavy atom. The van der Waals surface area contributed by atoms with E-state index in [0.29, 0.717) is 58.1 Å². The van der Waals surface area contributed by atoms with Crippen molar-refractivity contribution >= 4 is 33.9 Å². The number of rotatable bonds is 14.